The SMILES string of the molecule is CCCN1C(=O)C2=C(C(=O)C3CCCCC3O2)C1c1ccc(Br)cc1. The van der Waals surface area contributed by atoms with Gasteiger partial charge < -0.3 is 9.64 Å². The van der Waals surface area contributed by atoms with Gasteiger partial charge in [0.25, 0.3) is 5.91 Å². The summed E-state index contributed by atoms with van der Waals surface area (Å²) >= 11 is 3.45. The van der Waals surface area contributed by atoms with Gasteiger partial charge in [0.1, 0.15) is 6.10 Å². The molecule has 0 N–H and O–H groups in total. The maximum absolute atomic E-state index is 13.3. The molecular formula is C20H22BrNO3. The van der Waals surface area contributed by atoms with Gasteiger partial charge in [-0.1, -0.05) is 41.4 Å². The molecule has 0 aromatic heterocycles. The van der Waals surface area contributed by atoms with Gasteiger partial charge in [-0.2, -0.15) is 0 Å². The summed E-state index contributed by atoms with van der Waals surface area (Å²) in [4.78, 5) is 28.1. The van der Waals surface area contributed by atoms with Gasteiger partial charge in [-0.3, -0.25) is 9.59 Å². The number of hydrogen-bond acceptors (Lipinski definition) is 3. The van der Waals surface area contributed by atoms with Crippen molar-refractivity contribution in [3.8, 4) is 0 Å². The number of Topliss-reactive ketones (excluding diaryl/α,β-unsaturated/α-hetero) is 1. The summed E-state index contributed by atoms with van der Waals surface area (Å²) in [5, 5.41) is 0. The van der Waals surface area contributed by atoms with Crippen LogP contribution in [-0.4, -0.2) is 29.2 Å². The molecule has 0 spiro atoms. The molecule has 4 rings (SSSR count). The molecule has 3 aliphatic rings. The summed E-state index contributed by atoms with van der Waals surface area (Å²) in [6, 6.07) is 7.58. The number of ketones is 1. The highest BCUT2D eigenvalue weighted by Gasteiger charge is 2.51. The van der Waals surface area contributed by atoms with Crippen molar-refractivity contribution in [2.45, 2.75) is 51.2 Å². The molecule has 2 aliphatic heterocycles. The molecule has 1 aliphatic carbocycles. The van der Waals surface area contributed by atoms with Crippen LogP contribution in [0.25, 0.3) is 0 Å². The Balaban J connectivity index is 1.79. The number of halogens is 1. The summed E-state index contributed by atoms with van der Waals surface area (Å²) in [7, 11) is 0. The Morgan fingerprint density at radius 2 is 1.88 bits per heavy atom. The average molecular weight is 404 g/mol. The number of amides is 1. The van der Waals surface area contributed by atoms with Crippen LogP contribution >= 0.6 is 15.9 Å². The van der Waals surface area contributed by atoms with Gasteiger partial charge in [0.05, 0.1) is 17.5 Å². The van der Waals surface area contributed by atoms with E-state index < -0.39 is 0 Å². The van der Waals surface area contributed by atoms with Crippen molar-refractivity contribution in [1.29, 1.82) is 0 Å². The van der Waals surface area contributed by atoms with E-state index in [-0.39, 0.29) is 29.8 Å². The van der Waals surface area contributed by atoms with E-state index >= 15 is 0 Å². The lowest BCUT2D eigenvalue weighted by molar-refractivity contribution is -0.135. The largest absolute Gasteiger partial charge is 0.483 e. The van der Waals surface area contributed by atoms with E-state index in [2.05, 4.69) is 15.9 Å². The first-order valence-electron chi connectivity index (χ1n) is 9.13. The number of nitrogens with zero attached hydrogens (tertiary/aromatic N) is 1. The van der Waals surface area contributed by atoms with Crippen molar-refractivity contribution in [2.75, 3.05) is 6.54 Å². The Bertz CT molecular complexity index is 740. The molecule has 1 fully saturated rings. The van der Waals surface area contributed by atoms with E-state index in [0.29, 0.717) is 17.9 Å². The first kappa shape index (κ1) is 16.8. The van der Waals surface area contributed by atoms with E-state index in [1.165, 1.54) is 0 Å². The number of carbonyl (C=O) groups excluding carboxylic acids is 2. The van der Waals surface area contributed by atoms with Crippen LogP contribution < -0.4 is 0 Å². The van der Waals surface area contributed by atoms with Crippen molar-refractivity contribution in [2.24, 2.45) is 5.92 Å². The van der Waals surface area contributed by atoms with Gasteiger partial charge in [0, 0.05) is 11.0 Å². The maximum Gasteiger partial charge on any atom is 0.290 e. The normalized spacial score (nSPS) is 28.7. The van der Waals surface area contributed by atoms with Crippen molar-refractivity contribution < 1.29 is 14.3 Å². The molecule has 1 aromatic rings. The van der Waals surface area contributed by atoms with Gasteiger partial charge in [-0.05, 0) is 43.4 Å². The summed E-state index contributed by atoms with van der Waals surface area (Å²) in [5.41, 5.74) is 1.56. The first-order valence-corrected chi connectivity index (χ1v) is 9.92. The summed E-state index contributed by atoms with van der Waals surface area (Å²) in [6.45, 7) is 2.67. The smallest absolute Gasteiger partial charge is 0.290 e. The van der Waals surface area contributed by atoms with Crippen molar-refractivity contribution in [1.82, 2.24) is 4.90 Å². The Hall–Kier alpha value is -1.62. The second-order valence-electron chi connectivity index (χ2n) is 7.11. The van der Waals surface area contributed by atoms with Crippen LogP contribution in [0.3, 0.4) is 0 Å². The topological polar surface area (TPSA) is 46.6 Å². The van der Waals surface area contributed by atoms with Crippen molar-refractivity contribution >= 4 is 27.6 Å². The molecule has 1 saturated carbocycles. The van der Waals surface area contributed by atoms with E-state index in [9.17, 15) is 9.59 Å². The van der Waals surface area contributed by atoms with Crippen LogP contribution in [0.15, 0.2) is 40.1 Å². The average Bonchev–Trinajstić information content (AvgIpc) is 2.89. The van der Waals surface area contributed by atoms with Gasteiger partial charge in [0.15, 0.2) is 11.5 Å². The molecule has 5 heteroatoms. The van der Waals surface area contributed by atoms with Crippen LogP contribution in [0.5, 0.6) is 0 Å². The Morgan fingerprint density at radius 3 is 2.60 bits per heavy atom. The highest BCUT2D eigenvalue weighted by molar-refractivity contribution is 9.10. The number of hydrogen-bond donors (Lipinski definition) is 0. The molecule has 25 heavy (non-hydrogen) atoms. The molecular weight excluding hydrogens is 382 g/mol. The standard InChI is InChI=1S/C20H22BrNO3/c1-2-11-22-17(12-7-9-13(21)10-8-12)16-18(23)14-5-3-4-6-15(14)25-19(16)20(22)24/h7-10,14-15,17H,2-6,11H2,1H3. The fourth-order valence-electron chi connectivity index (χ4n) is 4.36. The third-order valence-corrected chi connectivity index (χ3v) is 6.04. The molecule has 1 amide bonds. The van der Waals surface area contributed by atoms with Crippen molar-refractivity contribution in [3.05, 3.63) is 45.6 Å². The predicted molar refractivity (Wildman–Crippen MR) is 97.8 cm³/mol. The fraction of sp³-hybridized carbons (Fsp3) is 0.500. The van der Waals surface area contributed by atoms with Gasteiger partial charge in [-0.25, -0.2) is 0 Å². The zero-order valence-electron chi connectivity index (χ0n) is 14.3. The molecule has 2 heterocycles. The lowest BCUT2D eigenvalue weighted by atomic mass is 9.77. The summed E-state index contributed by atoms with van der Waals surface area (Å²) in [6.07, 6.45) is 4.61. The second kappa shape index (κ2) is 6.60. The van der Waals surface area contributed by atoms with E-state index in [1.807, 2.05) is 36.1 Å². The minimum atomic E-state index is -0.314. The van der Waals surface area contributed by atoms with Crippen molar-refractivity contribution in [3.63, 3.8) is 0 Å². The number of rotatable bonds is 3. The molecule has 0 bridgehead atoms. The number of fused-ring (bicyclic) bond motifs is 1. The Morgan fingerprint density at radius 1 is 1.16 bits per heavy atom. The predicted octanol–water partition coefficient (Wildman–Crippen LogP) is 4.15. The number of carbonyl (C=O) groups is 2. The molecule has 3 atom stereocenters. The lowest BCUT2D eigenvalue weighted by Crippen LogP contribution is -2.39. The van der Waals surface area contributed by atoms with Crippen LogP contribution in [0.2, 0.25) is 0 Å². The Labute approximate surface area is 156 Å². The highest BCUT2D eigenvalue weighted by Crippen LogP contribution is 2.46. The Kier molecular flexibility index (Phi) is 4.44. The molecule has 3 unspecified atom stereocenters. The molecule has 132 valence electrons. The van der Waals surface area contributed by atoms with Gasteiger partial charge in [-0.15, -0.1) is 0 Å². The van der Waals surface area contributed by atoms with E-state index in [4.69, 9.17) is 4.74 Å². The van der Waals surface area contributed by atoms with Crippen LogP contribution in [0.1, 0.15) is 50.6 Å². The van der Waals surface area contributed by atoms with Crippen LogP contribution in [0, 0.1) is 5.92 Å². The van der Waals surface area contributed by atoms with E-state index in [0.717, 1.165) is 42.1 Å². The third-order valence-electron chi connectivity index (χ3n) is 5.51. The second-order valence-corrected chi connectivity index (χ2v) is 8.02. The van der Waals surface area contributed by atoms with Gasteiger partial charge >= 0.3 is 0 Å². The molecule has 1 aromatic carbocycles. The highest BCUT2D eigenvalue weighted by atomic mass is 79.9. The van der Waals surface area contributed by atoms with Crippen LogP contribution in [-0.2, 0) is 14.3 Å². The monoisotopic (exact) mass is 403 g/mol. The maximum atomic E-state index is 13.3. The lowest BCUT2D eigenvalue weighted by Gasteiger charge is -2.35. The third kappa shape index (κ3) is 2.73. The number of benzene rings is 1. The zero-order valence-corrected chi connectivity index (χ0v) is 15.9. The summed E-state index contributed by atoms with van der Waals surface area (Å²) < 4.78 is 7.09. The quantitative estimate of drug-likeness (QED) is 0.760. The number of ether oxygens (including phenoxy) is 1. The summed E-state index contributed by atoms with van der Waals surface area (Å²) in [5.74, 6) is 0.238. The molecule has 0 radical (unpaired) electrons. The van der Waals surface area contributed by atoms with Gasteiger partial charge in [0.2, 0.25) is 0 Å². The first-order chi connectivity index (χ1) is 12.1. The molecule has 0 saturated heterocycles. The zero-order chi connectivity index (χ0) is 17.6. The minimum absolute atomic E-state index is 0.0835. The minimum Gasteiger partial charge on any atom is -0.483 e. The van der Waals surface area contributed by atoms with Crippen LogP contribution in [0.4, 0.5) is 0 Å². The fourth-order valence-corrected chi connectivity index (χ4v) is 4.62. The molecule has 4 nitrogen and oxygen atoms in total. The van der Waals surface area contributed by atoms with E-state index in [1.54, 1.807) is 0 Å².